The molecule has 1 aromatic rings. The van der Waals surface area contributed by atoms with Crippen molar-refractivity contribution in [1.29, 1.82) is 5.26 Å². The number of amides is 1. The Kier molecular flexibility index (Phi) is 4.49. The van der Waals surface area contributed by atoms with E-state index < -0.39 is 16.7 Å². The quantitative estimate of drug-likeness (QED) is 0.648. The average Bonchev–Trinajstić information content (AvgIpc) is 2.47. The minimum absolute atomic E-state index is 0.125. The summed E-state index contributed by atoms with van der Waals surface area (Å²) in [5.41, 5.74) is 0.139. The Labute approximate surface area is 124 Å². The Bertz CT molecular complexity index is 622. The minimum atomic E-state index is -1.39. The molecule has 0 saturated carbocycles. The summed E-state index contributed by atoms with van der Waals surface area (Å²) < 4.78 is 0. The van der Waals surface area contributed by atoms with Crippen molar-refractivity contribution in [2.75, 3.05) is 34.8 Å². The standard InChI is InChI=1S/C12H12N4O4S/c13-7-8-5-11(16(19)20)9(14-12(17)18)6-10(8)15-1-3-21-4-2-15/h5-6,14H,1-4H2,(H,17,18). The smallest absolute Gasteiger partial charge is 0.409 e. The Morgan fingerprint density at radius 2 is 2.14 bits per heavy atom. The van der Waals surface area contributed by atoms with Gasteiger partial charge in [0.1, 0.15) is 11.8 Å². The molecule has 9 heteroatoms. The maximum absolute atomic E-state index is 11.0. The van der Waals surface area contributed by atoms with Gasteiger partial charge in [-0.25, -0.2) is 4.79 Å². The second kappa shape index (κ2) is 6.32. The van der Waals surface area contributed by atoms with E-state index in [4.69, 9.17) is 5.11 Å². The van der Waals surface area contributed by atoms with Crippen LogP contribution in [0.1, 0.15) is 5.56 Å². The third-order valence-electron chi connectivity index (χ3n) is 3.02. The van der Waals surface area contributed by atoms with E-state index in [1.54, 1.807) is 11.8 Å². The highest BCUT2D eigenvalue weighted by molar-refractivity contribution is 7.99. The molecule has 0 unspecified atom stereocenters. The molecule has 1 aliphatic rings. The SMILES string of the molecule is N#Cc1cc([N+](=O)[O-])c(NC(=O)O)cc1N1CCSCC1. The summed E-state index contributed by atoms with van der Waals surface area (Å²) in [5.74, 6) is 1.78. The maximum atomic E-state index is 11.0. The number of anilines is 2. The molecule has 1 aromatic carbocycles. The Morgan fingerprint density at radius 1 is 1.48 bits per heavy atom. The first-order valence-electron chi connectivity index (χ1n) is 6.08. The summed E-state index contributed by atoms with van der Waals surface area (Å²) in [4.78, 5) is 23.0. The molecule has 0 bridgehead atoms. The molecule has 1 aliphatic heterocycles. The van der Waals surface area contributed by atoms with Gasteiger partial charge in [-0.1, -0.05) is 0 Å². The number of carbonyl (C=O) groups is 1. The third-order valence-corrected chi connectivity index (χ3v) is 3.97. The van der Waals surface area contributed by atoms with Crippen LogP contribution in [0.3, 0.4) is 0 Å². The number of benzene rings is 1. The summed E-state index contributed by atoms with van der Waals surface area (Å²) in [7, 11) is 0. The van der Waals surface area contributed by atoms with Crippen molar-refractivity contribution < 1.29 is 14.8 Å². The third kappa shape index (κ3) is 3.35. The number of nitro benzene ring substituents is 1. The number of carboxylic acid groups (broad SMARTS) is 1. The zero-order chi connectivity index (χ0) is 15.4. The number of nitriles is 1. The number of hydrogen-bond donors (Lipinski definition) is 2. The van der Waals surface area contributed by atoms with E-state index in [0.717, 1.165) is 17.6 Å². The van der Waals surface area contributed by atoms with Crippen molar-refractivity contribution in [3.8, 4) is 6.07 Å². The van der Waals surface area contributed by atoms with Gasteiger partial charge in [-0.2, -0.15) is 17.0 Å². The van der Waals surface area contributed by atoms with Gasteiger partial charge in [0.25, 0.3) is 5.69 Å². The van der Waals surface area contributed by atoms with Crippen LogP contribution in [0, 0.1) is 21.4 Å². The summed E-state index contributed by atoms with van der Waals surface area (Å²) in [6, 6.07) is 4.42. The van der Waals surface area contributed by atoms with E-state index in [0.29, 0.717) is 18.8 Å². The fraction of sp³-hybridized carbons (Fsp3) is 0.333. The van der Waals surface area contributed by atoms with Gasteiger partial charge in [-0.15, -0.1) is 0 Å². The highest BCUT2D eigenvalue weighted by atomic mass is 32.2. The molecule has 0 atom stereocenters. The minimum Gasteiger partial charge on any atom is -0.465 e. The van der Waals surface area contributed by atoms with Crippen LogP contribution in [0.5, 0.6) is 0 Å². The highest BCUT2D eigenvalue weighted by Crippen LogP contribution is 2.34. The molecule has 0 aliphatic carbocycles. The number of nitrogens with zero attached hydrogens (tertiary/aromatic N) is 3. The molecule has 2 rings (SSSR count). The van der Waals surface area contributed by atoms with Crippen molar-refractivity contribution in [2.45, 2.75) is 0 Å². The van der Waals surface area contributed by atoms with Gasteiger partial charge in [0, 0.05) is 30.7 Å². The van der Waals surface area contributed by atoms with E-state index in [9.17, 15) is 20.2 Å². The van der Waals surface area contributed by atoms with Gasteiger partial charge >= 0.3 is 6.09 Å². The molecular weight excluding hydrogens is 296 g/mol. The van der Waals surface area contributed by atoms with E-state index >= 15 is 0 Å². The van der Waals surface area contributed by atoms with Crippen LogP contribution in [0.4, 0.5) is 21.9 Å². The molecule has 1 fully saturated rings. The molecule has 0 radical (unpaired) electrons. The number of rotatable bonds is 3. The largest absolute Gasteiger partial charge is 0.465 e. The van der Waals surface area contributed by atoms with Crippen LogP contribution in [0.25, 0.3) is 0 Å². The van der Waals surface area contributed by atoms with Crippen molar-refractivity contribution in [3.05, 3.63) is 27.8 Å². The second-order valence-corrected chi connectivity index (χ2v) is 5.51. The summed E-state index contributed by atoms with van der Waals surface area (Å²) >= 11 is 1.79. The number of hydrogen-bond acceptors (Lipinski definition) is 6. The van der Waals surface area contributed by atoms with Crippen LogP contribution in [-0.2, 0) is 0 Å². The number of nitro groups is 1. The molecule has 110 valence electrons. The number of thioether (sulfide) groups is 1. The van der Waals surface area contributed by atoms with Crippen LogP contribution in [0.15, 0.2) is 12.1 Å². The predicted octanol–water partition coefficient (Wildman–Crippen LogP) is 2.11. The lowest BCUT2D eigenvalue weighted by Gasteiger charge is -2.29. The van der Waals surface area contributed by atoms with E-state index in [-0.39, 0.29) is 11.3 Å². The lowest BCUT2D eigenvalue weighted by molar-refractivity contribution is -0.383. The van der Waals surface area contributed by atoms with Crippen molar-refractivity contribution in [3.63, 3.8) is 0 Å². The molecule has 0 spiro atoms. The summed E-state index contributed by atoms with van der Waals surface area (Å²) in [5, 5.41) is 31.0. The first kappa shape index (κ1) is 14.9. The Balaban J connectivity index is 2.50. The van der Waals surface area contributed by atoms with Crippen molar-refractivity contribution in [2.24, 2.45) is 0 Å². The molecule has 0 aromatic heterocycles. The lowest BCUT2D eigenvalue weighted by atomic mass is 10.1. The molecule has 2 N–H and O–H groups in total. The van der Waals surface area contributed by atoms with Crippen molar-refractivity contribution in [1.82, 2.24) is 0 Å². The average molecular weight is 308 g/mol. The monoisotopic (exact) mass is 308 g/mol. The van der Waals surface area contributed by atoms with Gasteiger partial charge in [0.2, 0.25) is 0 Å². The highest BCUT2D eigenvalue weighted by Gasteiger charge is 2.23. The van der Waals surface area contributed by atoms with E-state index in [1.807, 2.05) is 16.3 Å². The van der Waals surface area contributed by atoms with Gasteiger partial charge in [0.05, 0.1) is 16.2 Å². The zero-order valence-corrected chi connectivity index (χ0v) is 11.7. The van der Waals surface area contributed by atoms with Crippen LogP contribution < -0.4 is 10.2 Å². The molecule has 8 nitrogen and oxygen atoms in total. The molecule has 21 heavy (non-hydrogen) atoms. The fourth-order valence-electron chi connectivity index (χ4n) is 2.10. The molecular formula is C12H12N4O4S. The first-order valence-corrected chi connectivity index (χ1v) is 7.23. The van der Waals surface area contributed by atoms with Crippen LogP contribution in [-0.4, -0.2) is 40.7 Å². The lowest BCUT2D eigenvalue weighted by Crippen LogP contribution is -2.33. The predicted molar refractivity (Wildman–Crippen MR) is 79.0 cm³/mol. The van der Waals surface area contributed by atoms with Crippen LogP contribution >= 0.6 is 11.8 Å². The molecule has 1 heterocycles. The molecule has 1 saturated heterocycles. The topological polar surface area (TPSA) is 120 Å². The normalized spacial score (nSPS) is 14.3. The van der Waals surface area contributed by atoms with Gasteiger partial charge in [-0.05, 0) is 6.07 Å². The van der Waals surface area contributed by atoms with Gasteiger partial charge < -0.3 is 10.0 Å². The zero-order valence-electron chi connectivity index (χ0n) is 10.9. The summed E-state index contributed by atoms with van der Waals surface area (Å²) in [6.07, 6.45) is -1.39. The molecule has 1 amide bonds. The van der Waals surface area contributed by atoms with E-state index in [1.165, 1.54) is 6.07 Å². The van der Waals surface area contributed by atoms with Gasteiger partial charge in [0.15, 0.2) is 0 Å². The van der Waals surface area contributed by atoms with Crippen molar-refractivity contribution >= 4 is 34.9 Å². The summed E-state index contributed by atoms with van der Waals surface area (Å²) in [6.45, 7) is 1.42. The first-order chi connectivity index (χ1) is 10.0. The van der Waals surface area contributed by atoms with Crippen LogP contribution in [0.2, 0.25) is 0 Å². The second-order valence-electron chi connectivity index (χ2n) is 4.28. The van der Waals surface area contributed by atoms with E-state index in [2.05, 4.69) is 0 Å². The maximum Gasteiger partial charge on any atom is 0.409 e. The number of nitrogens with one attached hydrogen (secondary N) is 1. The van der Waals surface area contributed by atoms with Gasteiger partial charge in [-0.3, -0.25) is 15.4 Å². The Hall–Kier alpha value is -2.47. The Morgan fingerprint density at radius 3 is 2.67 bits per heavy atom. The fourth-order valence-corrected chi connectivity index (χ4v) is 3.00.